The number of nitrogens with two attached hydrogens (primary N) is 1. The highest BCUT2D eigenvalue weighted by atomic mass is 35.5. The van der Waals surface area contributed by atoms with Crippen LogP contribution >= 0.6 is 11.6 Å². The van der Waals surface area contributed by atoms with Crippen LogP contribution in [0.25, 0.3) is 0 Å². The van der Waals surface area contributed by atoms with Gasteiger partial charge in [-0.25, -0.2) is 0 Å². The summed E-state index contributed by atoms with van der Waals surface area (Å²) in [5.74, 6) is 1.91. The fourth-order valence-corrected chi connectivity index (χ4v) is 4.54. The molecule has 0 saturated carbocycles. The topological polar surface area (TPSA) is 26.0 Å². The zero-order valence-electron chi connectivity index (χ0n) is 15.6. The maximum Gasteiger partial charge on any atom is 0.237 e. The van der Waals surface area contributed by atoms with Crippen LogP contribution in [-0.2, 0) is 6.42 Å². The largest absolute Gasteiger partial charge is 0.398 e. The van der Waals surface area contributed by atoms with Crippen LogP contribution in [0.1, 0.15) is 38.8 Å². The molecule has 1 nitrogen and oxygen atoms in total. The maximum absolute atomic E-state index is 5.93. The van der Waals surface area contributed by atoms with E-state index in [1.54, 1.807) is 0 Å². The Morgan fingerprint density at radius 2 is 1.50 bits per heavy atom. The van der Waals surface area contributed by atoms with E-state index in [9.17, 15) is 0 Å². The minimum atomic E-state index is 0.316. The number of anilines is 1. The van der Waals surface area contributed by atoms with Gasteiger partial charge >= 0.3 is 0 Å². The molecule has 0 spiro atoms. The van der Waals surface area contributed by atoms with Crippen LogP contribution in [0.5, 0.6) is 0 Å². The minimum Gasteiger partial charge on any atom is -0.398 e. The fraction of sp³-hybridized carbons (Fsp3) is 0.429. The summed E-state index contributed by atoms with van der Waals surface area (Å²) in [6, 6.07) is 15.8. The van der Waals surface area contributed by atoms with E-state index in [0.29, 0.717) is 15.2 Å². The molecule has 3 heteroatoms. The van der Waals surface area contributed by atoms with Gasteiger partial charge in [-0.2, -0.15) is 0 Å². The first kappa shape index (κ1) is 21.1. The molecule has 0 atom stereocenters. The van der Waals surface area contributed by atoms with Crippen molar-refractivity contribution in [3.8, 4) is 0 Å². The first-order chi connectivity index (χ1) is 11.4. The second-order valence-corrected chi connectivity index (χ2v) is 9.52. The van der Waals surface area contributed by atoms with Crippen molar-refractivity contribution >= 4 is 32.5 Å². The Labute approximate surface area is 159 Å². The molecule has 0 heterocycles. The summed E-state index contributed by atoms with van der Waals surface area (Å²) in [4.78, 5) is 0. The van der Waals surface area contributed by atoms with Gasteiger partial charge in [0.05, 0.1) is 0 Å². The minimum absolute atomic E-state index is 0.316. The quantitative estimate of drug-likeness (QED) is 0.490. The highest BCUT2D eigenvalue weighted by Gasteiger charge is 2.01. The van der Waals surface area contributed by atoms with Crippen molar-refractivity contribution in [2.45, 2.75) is 44.7 Å². The fourth-order valence-electron chi connectivity index (χ4n) is 2.48. The average Bonchev–Trinajstić information content (AvgIpc) is 2.52. The van der Waals surface area contributed by atoms with Crippen LogP contribution in [0.2, 0.25) is 15.6 Å². The molecule has 130 valence electrons. The summed E-state index contributed by atoms with van der Waals surface area (Å²) >= 11 is 6.24. The van der Waals surface area contributed by atoms with Crippen LogP contribution in [0.3, 0.4) is 0 Å². The Morgan fingerprint density at radius 1 is 0.917 bits per heavy atom. The lowest BCUT2D eigenvalue weighted by molar-refractivity contribution is 0.700. The van der Waals surface area contributed by atoms with Crippen molar-refractivity contribution in [1.29, 1.82) is 0 Å². The van der Waals surface area contributed by atoms with E-state index in [4.69, 9.17) is 17.3 Å². The zero-order valence-corrected chi connectivity index (χ0v) is 17.7. The van der Waals surface area contributed by atoms with E-state index in [2.05, 4.69) is 39.8 Å². The van der Waals surface area contributed by atoms with E-state index in [0.717, 1.165) is 34.5 Å². The smallest absolute Gasteiger partial charge is 0.237 e. The highest BCUT2D eigenvalue weighted by Crippen LogP contribution is 2.20. The van der Waals surface area contributed by atoms with Gasteiger partial charge in [-0.3, -0.25) is 0 Å². The molecule has 2 N–H and O–H groups in total. The summed E-state index contributed by atoms with van der Waals surface area (Å²) < 4.78 is 0. The Morgan fingerprint density at radius 3 is 2.04 bits per heavy atom. The molecule has 0 saturated heterocycles. The second-order valence-electron chi connectivity index (χ2n) is 7.22. The molecule has 0 aromatic heterocycles. The lowest BCUT2D eigenvalue weighted by Gasteiger charge is -2.06. The lowest BCUT2D eigenvalue weighted by atomic mass is 10.0. The number of benzene rings is 2. The second kappa shape index (κ2) is 11.6. The van der Waals surface area contributed by atoms with Crippen molar-refractivity contribution in [3.05, 3.63) is 64.7 Å². The third-order valence-electron chi connectivity index (χ3n) is 3.91. The number of hydrogen-bond acceptors (Lipinski definition) is 1. The van der Waals surface area contributed by atoms with E-state index in [1.165, 1.54) is 16.1 Å². The summed E-state index contributed by atoms with van der Waals surface area (Å²) in [5.41, 5.74) is 8.99. The Balaban J connectivity index is 0.000000277. The Hall–Kier alpha value is -0.938. The van der Waals surface area contributed by atoms with Gasteiger partial charge in [0.15, 0.2) is 0 Å². The van der Waals surface area contributed by atoms with Crippen LogP contribution < -0.4 is 5.73 Å². The SMILES string of the molecule is CC(C)[CH2][AlH][CH2]C(C)C.Nc1ccc(Cl)cc1Cc1ccccc1. The molecule has 2 rings (SSSR count). The lowest BCUT2D eigenvalue weighted by Crippen LogP contribution is -1.99. The van der Waals surface area contributed by atoms with Gasteiger partial charge < -0.3 is 5.73 Å². The molecule has 0 amide bonds. The first-order valence-electron chi connectivity index (χ1n) is 8.96. The molecule has 0 aliphatic heterocycles. The predicted molar refractivity (Wildman–Crippen MR) is 112 cm³/mol. The summed E-state index contributed by atoms with van der Waals surface area (Å²) in [7, 11) is 0. The average molecular weight is 360 g/mol. The van der Waals surface area contributed by atoms with Crippen LogP contribution in [-0.4, -0.2) is 15.2 Å². The van der Waals surface area contributed by atoms with Gasteiger partial charge in [0.1, 0.15) is 0 Å². The van der Waals surface area contributed by atoms with Crippen LogP contribution in [0.4, 0.5) is 5.69 Å². The molecule has 0 bridgehead atoms. The number of rotatable bonds is 6. The molecule has 0 radical (unpaired) electrons. The van der Waals surface area contributed by atoms with Crippen LogP contribution in [0, 0.1) is 11.8 Å². The molecule has 2 aromatic rings. The summed E-state index contributed by atoms with van der Waals surface area (Å²) in [6.07, 6.45) is 0.827. The predicted octanol–water partition coefficient (Wildman–Crippen LogP) is 6.08. The molecule has 0 fully saturated rings. The van der Waals surface area contributed by atoms with Gasteiger partial charge in [-0.05, 0) is 35.7 Å². The van der Waals surface area contributed by atoms with Crippen molar-refractivity contribution in [3.63, 3.8) is 0 Å². The monoisotopic (exact) mass is 359 g/mol. The number of hydrogen-bond donors (Lipinski definition) is 1. The number of halogens is 1. The highest BCUT2D eigenvalue weighted by molar-refractivity contribution is 6.35. The van der Waals surface area contributed by atoms with Crippen molar-refractivity contribution in [2.24, 2.45) is 11.8 Å². The third kappa shape index (κ3) is 9.38. The molecular weight excluding hydrogens is 329 g/mol. The maximum atomic E-state index is 5.93. The number of nitrogen functional groups attached to an aromatic ring is 1. The summed E-state index contributed by atoms with van der Waals surface area (Å²) in [5, 5.41) is 3.81. The van der Waals surface area contributed by atoms with Gasteiger partial charge in [0.25, 0.3) is 0 Å². The van der Waals surface area contributed by atoms with E-state index >= 15 is 0 Å². The molecular formula is C21H31AlClN. The Kier molecular flexibility index (Phi) is 10.2. The van der Waals surface area contributed by atoms with Gasteiger partial charge in [0, 0.05) is 10.7 Å². The zero-order chi connectivity index (χ0) is 17.9. The first-order valence-corrected chi connectivity index (χ1v) is 11.3. The Bertz CT molecular complexity index is 574. The van der Waals surface area contributed by atoms with Crippen molar-refractivity contribution < 1.29 is 0 Å². The van der Waals surface area contributed by atoms with Gasteiger partial charge in [-0.1, -0.05) is 92.0 Å². The van der Waals surface area contributed by atoms with Gasteiger partial charge in [0.2, 0.25) is 15.2 Å². The molecule has 2 aromatic carbocycles. The third-order valence-corrected chi connectivity index (χ3v) is 7.27. The van der Waals surface area contributed by atoms with E-state index in [-0.39, 0.29) is 0 Å². The van der Waals surface area contributed by atoms with Crippen molar-refractivity contribution in [2.75, 3.05) is 5.73 Å². The normalized spacial score (nSPS) is 10.5. The standard InChI is InChI=1S/C13H12ClN.2C4H9.Al.H/c14-12-6-7-13(15)11(9-12)8-10-4-2-1-3-5-10;2*1-4(2)3;;/h1-7,9H,8,15H2;2*4H,1H2,2-3H3;;. The van der Waals surface area contributed by atoms with Crippen molar-refractivity contribution in [1.82, 2.24) is 0 Å². The molecule has 0 aliphatic rings. The summed E-state index contributed by atoms with van der Waals surface area (Å²) in [6.45, 7) is 9.31. The van der Waals surface area contributed by atoms with Gasteiger partial charge in [-0.15, -0.1) is 0 Å². The van der Waals surface area contributed by atoms with E-state index in [1.807, 2.05) is 36.4 Å². The molecule has 24 heavy (non-hydrogen) atoms. The molecule has 0 aliphatic carbocycles. The van der Waals surface area contributed by atoms with Crippen LogP contribution in [0.15, 0.2) is 48.5 Å². The van der Waals surface area contributed by atoms with E-state index < -0.39 is 0 Å². The molecule has 0 unspecified atom stereocenters.